The van der Waals surface area contributed by atoms with Crippen molar-refractivity contribution in [2.45, 2.75) is 26.9 Å². The Morgan fingerprint density at radius 1 is 0.368 bits per heavy atom. The molecule has 57 heavy (non-hydrogen) atoms. The lowest BCUT2D eigenvalue weighted by Gasteiger charge is -2.19. The fourth-order valence-corrected chi connectivity index (χ4v) is 8.69. The Balaban J connectivity index is 1.20. The van der Waals surface area contributed by atoms with Gasteiger partial charge in [0, 0.05) is 32.9 Å². The van der Waals surface area contributed by atoms with Gasteiger partial charge in [0.25, 0.3) is 0 Å². The second kappa shape index (κ2) is 13.1. The van der Waals surface area contributed by atoms with Gasteiger partial charge >= 0.3 is 6.18 Å². The summed E-state index contributed by atoms with van der Waals surface area (Å²) in [7, 11) is 0. The van der Waals surface area contributed by atoms with Gasteiger partial charge in [-0.3, -0.25) is 0 Å². The third-order valence-electron chi connectivity index (χ3n) is 11.4. The number of hydrogen-bond acceptors (Lipinski definition) is 0. The summed E-state index contributed by atoms with van der Waals surface area (Å²) >= 11 is 0. The van der Waals surface area contributed by atoms with Crippen molar-refractivity contribution < 1.29 is 13.2 Å². The van der Waals surface area contributed by atoms with Crippen molar-refractivity contribution in [2.75, 3.05) is 0 Å². The van der Waals surface area contributed by atoms with E-state index in [9.17, 15) is 0 Å². The molecule has 0 bridgehead atoms. The third-order valence-corrected chi connectivity index (χ3v) is 11.4. The summed E-state index contributed by atoms with van der Waals surface area (Å²) in [6.07, 6.45) is -4.58. The van der Waals surface area contributed by atoms with Crippen molar-refractivity contribution in [1.29, 1.82) is 0 Å². The maximum atomic E-state index is 15.1. The van der Waals surface area contributed by atoms with Crippen LogP contribution in [0.3, 0.4) is 0 Å². The molecule has 0 N–H and O–H groups in total. The molecule has 2 aromatic heterocycles. The molecule has 5 heteroatoms. The van der Waals surface area contributed by atoms with E-state index in [2.05, 4.69) is 120 Å². The van der Waals surface area contributed by atoms with Crippen LogP contribution in [0.2, 0.25) is 0 Å². The third kappa shape index (κ3) is 5.81. The molecule has 0 aliphatic carbocycles. The number of benzene rings is 8. The summed E-state index contributed by atoms with van der Waals surface area (Å²) in [6, 6.07) is 56.5. The van der Waals surface area contributed by atoms with Gasteiger partial charge in [0.1, 0.15) is 0 Å². The van der Waals surface area contributed by atoms with Gasteiger partial charge in [-0.15, -0.1) is 0 Å². The van der Waals surface area contributed by atoms with Crippen molar-refractivity contribution in [1.82, 2.24) is 9.13 Å². The van der Waals surface area contributed by atoms with Gasteiger partial charge in [0.05, 0.1) is 27.6 Å². The van der Waals surface area contributed by atoms with E-state index in [0.717, 1.165) is 82.7 Å². The van der Waals surface area contributed by atoms with E-state index in [0.29, 0.717) is 11.3 Å². The molecule has 0 saturated carbocycles. The largest absolute Gasteiger partial charge is 0.417 e. The highest BCUT2D eigenvalue weighted by molar-refractivity contribution is 6.11. The SMILES string of the molecule is Cc1cccc(-c2ccc3c4ccccc4n(-c4ccc(C)c(-c5cc(-n6c7ccccc7c7ccc(-c8cccc(C)c8)cc76)ccc5C(F)(F)F)c4)c3c2)c1. The van der Waals surface area contributed by atoms with Crippen molar-refractivity contribution in [3.8, 4) is 44.8 Å². The lowest BCUT2D eigenvalue weighted by molar-refractivity contribution is -0.137. The minimum atomic E-state index is -4.58. The maximum Gasteiger partial charge on any atom is 0.417 e. The molecule has 8 aromatic carbocycles. The number of hydrogen-bond donors (Lipinski definition) is 0. The fraction of sp³-hybridized carbons (Fsp3) is 0.0769. The van der Waals surface area contributed by atoms with Crippen molar-refractivity contribution in [2.24, 2.45) is 0 Å². The topological polar surface area (TPSA) is 9.86 Å². The number of aryl methyl sites for hydroxylation is 3. The van der Waals surface area contributed by atoms with E-state index < -0.39 is 11.7 Å². The van der Waals surface area contributed by atoms with Gasteiger partial charge in [-0.1, -0.05) is 126 Å². The van der Waals surface area contributed by atoms with E-state index >= 15 is 13.2 Å². The molecule has 10 rings (SSSR count). The number of aromatic nitrogens is 2. The Hall–Kier alpha value is -6.85. The summed E-state index contributed by atoms with van der Waals surface area (Å²) in [5, 5.41) is 4.25. The Morgan fingerprint density at radius 3 is 1.33 bits per heavy atom. The quantitative estimate of drug-likeness (QED) is 0.166. The molecule has 0 spiro atoms. The normalized spacial score (nSPS) is 12.0. The summed E-state index contributed by atoms with van der Waals surface area (Å²) in [4.78, 5) is 0. The molecule has 0 fully saturated rings. The van der Waals surface area contributed by atoms with E-state index in [4.69, 9.17) is 0 Å². The van der Waals surface area contributed by atoms with E-state index in [1.54, 1.807) is 12.1 Å². The Bertz CT molecular complexity index is 3210. The zero-order valence-corrected chi connectivity index (χ0v) is 31.7. The van der Waals surface area contributed by atoms with Crippen molar-refractivity contribution in [3.05, 3.63) is 192 Å². The standard InChI is InChI=1S/C52H37F3N2/c1-32-10-8-12-35(26-32)37-19-23-43-41-14-4-6-16-48(41)56(50(43)28-37)39-21-18-34(3)45(30-39)46-31-40(22-25-47(46)52(53,54)55)57-49-17-7-5-15-42(49)44-24-20-38(29-51(44)57)36-13-9-11-33(2)27-36/h4-31H,1-3H3. The molecule has 0 radical (unpaired) electrons. The zero-order chi connectivity index (χ0) is 39.0. The van der Waals surface area contributed by atoms with Gasteiger partial charge in [-0.2, -0.15) is 13.2 Å². The molecule has 2 heterocycles. The number of alkyl halides is 3. The number of rotatable bonds is 5. The Kier molecular flexibility index (Phi) is 7.98. The highest BCUT2D eigenvalue weighted by Gasteiger charge is 2.34. The van der Waals surface area contributed by atoms with E-state index in [-0.39, 0.29) is 5.56 Å². The van der Waals surface area contributed by atoms with Gasteiger partial charge in [-0.05, 0) is 114 Å². The van der Waals surface area contributed by atoms with Crippen LogP contribution < -0.4 is 0 Å². The minimum Gasteiger partial charge on any atom is -0.309 e. The Labute approximate surface area is 328 Å². The zero-order valence-electron chi connectivity index (χ0n) is 31.7. The molecule has 0 aliphatic rings. The monoisotopic (exact) mass is 746 g/mol. The molecule has 0 saturated heterocycles. The van der Waals surface area contributed by atoms with Crippen molar-refractivity contribution >= 4 is 43.6 Å². The predicted octanol–water partition coefficient (Wildman–Crippen LogP) is 14.8. The average Bonchev–Trinajstić information content (AvgIpc) is 3.73. The molecule has 10 aromatic rings. The second-order valence-electron chi connectivity index (χ2n) is 15.1. The number of nitrogens with zero attached hydrogens (tertiary/aromatic N) is 2. The van der Waals surface area contributed by atoms with Crippen LogP contribution >= 0.6 is 0 Å². The summed E-state index contributed by atoms with van der Waals surface area (Å²) in [6.45, 7) is 6.05. The summed E-state index contributed by atoms with van der Waals surface area (Å²) in [5.41, 5.74) is 12.7. The van der Waals surface area contributed by atoms with E-state index in [1.165, 1.54) is 11.6 Å². The first-order valence-electron chi connectivity index (χ1n) is 19.2. The number of fused-ring (bicyclic) bond motifs is 6. The smallest absolute Gasteiger partial charge is 0.309 e. The lowest BCUT2D eigenvalue weighted by Crippen LogP contribution is -2.09. The first kappa shape index (κ1) is 34.6. The highest BCUT2D eigenvalue weighted by atomic mass is 19.4. The van der Waals surface area contributed by atoms with Gasteiger partial charge < -0.3 is 9.13 Å². The van der Waals surface area contributed by atoms with Crippen LogP contribution in [0.5, 0.6) is 0 Å². The first-order valence-corrected chi connectivity index (χ1v) is 19.2. The fourth-order valence-electron chi connectivity index (χ4n) is 8.69. The molecule has 0 unspecified atom stereocenters. The van der Waals surface area contributed by atoms with Crippen LogP contribution in [-0.2, 0) is 6.18 Å². The molecule has 0 amide bonds. The van der Waals surface area contributed by atoms with Crippen LogP contribution in [0, 0.1) is 20.8 Å². The van der Waals surface area contributed by atoms with Gasteiger partial charge in [0.15, 0.2) is 0 Å². The molecule has 0 aliphatic heterocycles. The molecule has 276 valence electrons. The minimum absolute atomic E-state index is 0.140. The first-order chi connectivity index (χ1) is 27.6. The summed E-state index contributed by atoms with van der Waals surface area (Å²) < 4.78 is 49.7. The molecule has 0 atom stereocenters. The molecular formula is C52H37F3N2. The van der Waals surface area contributed by atoms with Crippen LogP contribution in [0.1, 0.15) is 22.3 Å². The van der Waals surface area contributed by atoms with Gasteiger partial charge in [0.2, 0.25) is 0 Å². The number of para-hydroxylation sites is 2. The lowest BCUT2D eigenvalue weighted by atomic mass is 9.94. The van der Waals surface area contributed by atoms with E-state index in [1.807, 2.05) is 61.5 Å². The summed E-state index contributed by atoms with van der Waals surface area (Å²) in [5.74, 6) is 0. The van der Waals surface area contributed by atoms with Crippen LogP contribution in [0.25, 0.3) is 88.4 Å². The van der Waals surface area contributed by atoms with Crippen LogP contribution in [0.4, 0.5) is 13.2 Å². The van der Waals surface area contributed by atoms with Crippen LogP contribution in [-0.4, -0.2) is 9.13 Å². The second-order valence-corrected chi connectivity index (χ2v) is 15.1. The highest BCUT2D eigenvalue weighted by Crippen LogP contribution is 2.43. The van der Waals surface area contributed by atoms with Crippen molar-refractivity contribution in [3.63, 3.8) is 0 Å². The van der Waals surface area contributed by atoms with Gasteiger partial charge in [-0.25, -0.2) is 0 Å². The molecule has 2 nitrogen and oxygen atoms in total. The molecular weight excluding hydrogens is 710 g/mol. The van der Waals surface area contributed by atoms with Crippen LogP contribution in [0.15, 0.2) is 170 Å². The number of halogens is 3. The maximum absolute atomic E-state index is 15.1. The Morgan fingerprint density at radius 2 is 0.825 bits per heavy atom. The average molecular weight is 747 g/mol. The predicted molar refractivity (Wildman–Crippen MR) is 231 cm³/mol.